The Morgan fingerprint density at radius 1 is 0.893 bits per heavy atom. The van der Waals surface area contributed by atoms with Crippen molar-refractivity contribution in [2.45, 2.75) is 44.6 Å². The summed E-state index contributed by atoms with van der Waals surface area (Å²) >= 11 is 0. The van der Waals surface area contributed by atoms with Gasteiger partial charge < -0.3 is 9.84 Å². The van der Waals surface area contributed by atoms with E-state index in [4.69, 9.17) is 4.74 Å². The van der Waals surface area contributed by atoms with Crippen LogP contribution >= 0.6 is 0 Å². The minimum absolute atomic E-state index is 0.281. The third kappa shape index (κ3) is 5.42. The zero-order valence-corrected chi connectivity index (χ0v) is 16.7. The predicted molar refractivity (Wildman–Crippen MR) is 112 cm³/mol. The first kappa shape index (κ1) is 19.6. The maximum absolute atomic E-state index is 10.4. The summed E-state index contributed by atoms with van der Waals surface area (Å²) in [4.78, 5) is 4.84. The van der Waals surface area contributed by atoms with Crippen LogP contribution in [-0.4, -0.2) is 59.9 Å². The molecule has 2 aliphatic rings. The molecule has 1 fully saturated rings. The van der Waals surface area contributed by atoms with Gasteiger partial charge >= 0.3 is 0 Å². The fourth-order valence-electron chi connectivity index (χ4n) is 4.38. The van der Waals surface area contributed by atoms with Crippen LogP contribution in [0.4, 0.5) is 0 Å². The lowest BCUT2D eigenvalue weighted by atomic mass is 10.00. The first-order chi connectivity index (χ1) is 13.8. The van der Waals surface area contributed by atoms with Gasteiger partial charge in [0.05, 0.1) is 18.8 Å². The van der Waals surface area contributed by atoms with Crippen molar-refractivity contribution in [3.63, 3.8) is 0 Å². The summed E-state index contributed by atoms with van der Waals surface area (Å²) in [7, 11) is 0. The fraction of sp³-hybridized carbons (Fsp3) is 0.500. The minimum Gasteiger partial charge on any atom is -0.389 e. The van der Waals surface area contributed by atoms with Crippen molar-refractivity contribution in [2.24, 2.45) is 0 Å². The molecule has 0 spiro atoms. The van der Waals surface area contributed by atoms with Gasteiger partial charge in [0.2, 0.25) is 0 Å². The van der Waals surface area contributed by atoms with E-state index in [1.807, 2.05) is 0 Å². The van der Waals surface area contributed by atoms with Crippen molar-refractivity contribution >= 4 is 0 Å². The van der Waals surface area contributed by atoms with E-state index in [0.717, 1.165) is 52.0 Å². The number of hydrogen-bond donors (Lipinski definition) is 1. The molecule has 2 aliphatic heterocycles. The Hall–Kier alpha value is -1.72. The summed E-state index contributed by atoms with van der Waals surface area (Å²) in [6.45, 7) is 6.25. The molecule has 2 aromatic carbocycles. The zero-order chi connectivity index (χ0) is 19.2. The smallest absolute Gasteiger partial charge is 0.0900 e. The molecule has 0 radical (unpaired) electrons. The number of β-amino-alcohol motifs (C(OH)–C–C–N with tert-alkyl or cyclic N) is 1. The second-order valence-electron chi connectivity index (χ2n) is 8.20. The SMILES string of the molecule is OC(COC1CCN(Cc2ccccc2)CC1)CN1CCc2ccccc2C1. The molecule has 4 rings (SSSR count). The molecule has 2 heterocycles. The van der Waals surface area contributed by atoms with E-state index in [0.29, 0.717) is 13.2 Å². The third-order valence-electron chi connectivity index (χ3n) is 5.99. The van der Waals surface area contributed by atoms with Gasteiger partial charge in [0.1, 0.15) is 0 Å². The van der Waals surface area contributed by atoms with E-state index >= 15 is 0 Å². The number of nitrogens with zero attached hydrogens (tertiary/aromatic N) is 2. The number of aliphatic hydroxyl groups excluding tert-OH is 1. The highest BCUT2D eigenvalue weighted by Gasteiger charge is 2.22. The summed E-state index contributed by atoms with van der Waals surface area (Å²) in [6, 6.07) is 19.3. The first-order valence-electron chi connectivity index (χ1n) is 10.6. The second kappa shape index (κ2) is 9.66. The van der Waals surface area contributed by atoms with Crippen LogP contribution in [0.25, 0.3) is 0 Å². The summed E-state index contributed by atoms with van der Waals surface area (Å²) in [5, 5.41) is 10.4. The van der Waals surface area contributed by atoms with E-state index < -0.39 is 6.10 Å². The number of benzene rings is 2. The maximum atomic E-state index is 10.4. The number of piperidine rings is 1. The largest absolute Gasteiger partial charge is 0.389 e. The lowest BCUT2D eigenvalue weighted by molar-refractivity contribution is -0.0444. The van der Waals surface area contributed by atoms with Crippen LogP contribution in [0, 0.1) is 0 Å². The van der Waals surface area contributed by atoms with Gasteiger partial charge in [-0.2, -0.15) is 0 Å². The van der Waals surface area contributed by atoms with E-state index in [1.54, 1.807) is 0 Å². The van der Waals surface area contributed by atoms with Gasteiger partial charge in [-0.25, -0.2) is 0 Å². The monoisotopic (exact) mass is 380 g/mol. The highest BCUT2D eigenvalue weighted by molar-refractivity contribution is 5.29. The standard InChI is InChI=1S/C24H32N2O2/c27-23(18-26-13-10-21-8-4-5-9-22(21)17-26)19-28-24-11-14-25(15-12-24)16-20-6-2-1-3-7-20/h1-9,23-24,27H,10-19H2. The Labute approximate surface area is 168 Å². The number of likely N-dealkylation sites (tertiary alicyclic amines) is 1. The fourth-order valence-corrected chi connectivity index (χ4v) is 4.38. The van der Waals surface area contributed by atoms with Gasteiger partial charge in [0.25, 0.3) is 0 Å². The third-order valence-corrected chi connectivity index (χ3v) is 5.99. The second-order valence-corrected chi connectivity index (χ2v) is 8.20. The maximum Gasteiger partial charge on any atom is 0.0900 e. The average molecular weight is 381 g/mol. The molecule has 0 aromatic heterocycles. The number of fused-ring (bicyclic) bond motifs is 1. The van der Waals surface area contributed by atoms with Crippen molar-refractivity contribution in [1.29, 1.82) is 0 Å². The Balaban J connectivity index is 1.15. The number of ether oxygens (including phenoxy) is 1. The normalized spacial score (nSPS) is 20.0. The van der Waals surface area contributed by atoms with Crippen molar-refractivity contribution in [3.8, 4) is 0 Å². The Bertz CT molecular complexity index is 728. The minimum atomic E-state index is -0.410. The molecule has 4 heteroatoms. The van der Waals surface area contributed by atoms with Crippen molar-refractivity contribution < 1.29 is 9.84 Å². The van der Waals surface area contributed by atoms with Crippen molar-refractivity contribution in [2.75, 3.05) is 32.8 Å². The lowest BCUT2D eigenvalue weighted by Gasteiger charge is -2.33. The molecule has 0 saturated carbocycles. The first-order valence-corrected chi connectivity index (χ1v) is 10.6. The molecule has 150 valence electrons. The summed E-state index contributed by atoms with van der Waals surface area (Å²) in [5.41, 5.74) is 4.22. The summed E-state index contributed by atoms with van der Waals surface area (Å²) in [6.07, 6.45) is 3.05. The quantitative estimate of drug-likeness (QED) is 0.801. The molecule has 0 bridgehead atoms. The number of hydrogen-bond acceptors (Lipinski definition) is 4. The lowest BCUT2D eigenvalue weighted by Crippen LogP contribution is -2.40. The van der Waals surface area contributed by atoms with E-state index in [2.05, 4.69) is 64.4 Å². The van der Waals surface area contributed by atoms with Crippen LogP contribution in [0.3, 0.4) is 0 Å². The Morgan fingerprint density at radius 2 is 1.61 bits per heavy atom. The topological polar surface area (TPSA) is 35.9 Å². The van der Waals surface area contributed by atoms with Crippen LogP contribution in [0.5, 0.6) is 0 Å². The van der Waals surface area contributed by atoms with Crippen LogP contribution in [0.1, 0.15) is 29.5 Å². The van der Waals surface area contributed by atoms with Crippen LogP contribution in [0.2, 0.25) is 0 Å². The highest BCUT2D eigenvalue weighted by Crippen LogP contribution is 2.19. The van der Waals surface area contributed by atoms with Gasteiger partial charge in [-0.05, 0) is 36.0 Å². The van der Waals surface area contributed by atoms with Crippen molar-refractivity contribution in [1.82, 2.24) is 9.80 Å². The molecule has 1 N–H and O–H groups in total. The van der Waals surface area contributed by atoms with Crippen LogP contribution in [0.15, 0.2) is 54.6 Å². The summed E-state index contributed by atoms with van der Waals surface area (Å²) < 4.78 is 6.05. The molecular weight excluding hydrogens is 348 g/mol. The number of aliphatic hydroxyl groups is 1. The molecule has 1 saturated heterocycles. The van der Waals surface area contributed by atoms with Gasteiger partial charge in [-0.15, -0.1) is 0 Å². The van der Waals surface area contributed by atoms with E-state index in [-0.39, 0.29) is 6.10 Å². The predicted octanol–water partition coefficient (Wildman–Crippen LogP) is 3.09. The van der Waals surface area contributed by atoms with Gasteiger partial charge in [-0.1, -0.05) is 54.6 Å². The molecular formula is C24H32N2O2. The van der Waals surface area contributed by atoms with E-state index in [1.165, 1.54) is 16.7 Å². The van der Waals surface area contributed by atoms with Crippen LogP contribution < -0.4 is 0 Å². The molecule has 28 heavy (non-hydrogen) atoms. The molecule has 4 nitrogen and oxygen atoms in total. The van der Waals surface area contributed by atoms with Crippen molar-refractivity contribution in [3.05, 3.63) is 71.3 Å². The highest BCUT2D eigenvalue weighted by atomic mass is 16.5. The van der Waals surface area contributed by atoms with Gasteiger partial charge in [0.15, 0.2) is 0 Å². The molecule has 0 aliphatic carbocycles. The average Bonchev–Trinajstić information content (AvgIpc) is 2.74. The van der Waals surface area contributed by atoms with Gasteiger partial charge in [0, 0.05) is 39.3 Å². The summed E-state index contributed by atoms with van der Waals surface area (Å²) in [5.74, 6) is 0. The molecule has 2 aromatic rings. The van der Waals surface area contributed by atoms with Crippen LogP contribution in [-0.2, 0) is 24.2 Å². The van der Waals surface area contributed by atoms with Gasteiger partial charge in [-0.3, -0.25) is 9.80 Å². The van der Waals surface area contributed by atoms with E-state index in [9.17, 15) is 5.11 Å². The Morgan fingerprint density at radius 3 is 2.39 bits per heavy atom. The Kier molecular flexibility index (Phi) is 6.76. The molecule has 0 amide bonds. The number of rotatable bonds is 7. The molecule has 1 atom stereocenters. The zero-order valence-electron chi connectivity index (χ0n) is 16.7. The molecule has 1 unspecified atom stereocenters.